The van der Waals surface area contributed by atoms with Gasteiger partial charge in [-0.1, -0.05) is 19.3 Å². The second kappa shape index (κ2) is 10.7. The van der Waals surface area contributed by atoms with Crippen LogP contribution in [0.25, 0.3) is 11.3 Å². The summed E-state index contributed by atoms with van der Waals surface area (Å²) in [6, 6.07) is 9.46. The van der Waals surface area contributed by atoms with Crippen LogP contribution in [0.2, 0.25) is 0 Å². The molecule has 1 aliphatic heterocycles. The monoisotopic (exact) mass is 452 g/mol. The molecule has 0 spiro atoms. The van der Waals surface area contributed by atoms with E-state index in [1.165, 1.54) is 6.42 Å². The predicted octanol–water partition coefficient (Wildman–Crippen LogP) is 4.69. The van der Waals surface area contributed by atoms with E-state index in [9.17, 15) is 14.4 Å². The number of hydrogen-bond donors (Lipinski definition) is 1. The third kappa shape index (κ3) is 5.83. The minimum atomic E-state index is -0.371. The average Bonchev–Trinajstić information content (AvgIpc) is 3.27. The molecule has 0 unspecified atom stereocenters. The number of esters is 1. The highest BCUT2D eigenvalue weighted by Crippen LogP contribution is 2.32. The summed E-state index contributed by atoms with van der Waals surface area (Å²) in [6.07, 6.45) is 6.49. The summed E-state index contributed by atoms with van der Waals surface area (Å²) in [7, 11) is 0. The number of furan rings is 1. The lowest BCUT2D eigenvalue weighted by atomic mass is 9.88. The first-order valence-electron chi connectivity index (χ1n) is 12.0. The minimum Gasteiger partial charge on any atom is -0.466 e. The van der Waals surface area contributed by atoms with Gasteiger partial charge in [-0.05, 0) is 50.1 Å². The van der Waals surface area contributed by atoms with Gasteiger partial charge in [0.2, 0.25) is 11.8 Å². The maximum Gasteiger partial charge on any atom is 0.306 e. The Kier molecular flexibility index (Phi) is 7.47. The Morgan fingerprint density at radius 3 is 2.58 bits per heavy atom. The largest absolute Gasteiger partial charge is 0.466 e. The lowest BCUT2D eigenvalue weighted by Crippen LogP contribution is -2.40. The molecule has 2 aliphatic rings. The summed E-state index contributed by atoms with van der Waals surface area (Å²) in [5, 5.41) is 2.79. The van der Waals surface area contributed by atoms with E-state index >= 15 is 0 Å². The van der Waals surface area contributed by atoms with E-state index in [0.717, 1.165) is 54.8 Å². The number of nitrogens with zero attached hydrogens (tertiary/aromatic N) is 1. The second-order valence-electron chi connectivity index (χ2n) is 8.83. The highest BCUT2D eigenvalue weighted by molar-refractivity contribution is 5.92. The summed E-state index contributed by atoms with van der Waals surface area (Å²) in [4.78, 5) is 38.3. The van der Waals surface area contributed by atoms with Gasteiger partial charge in [-0.25, -0.2) is 0 Å². The maximum absolute atomic E-state index is 12.9. The van der Waals surface area contributed by atoms with Gasteiger partial charge < -0.3 is 19.4 Å². The van der Waals surface area contributed by atoms with Crippen molar-refractivity contribution in [1.82, 2.24) is 4.90 Å². The van der Waals surface area contributed by atoms with E-state index in [2.05, 4.69) is 5.32 Å². The lowest BCUT2D eigenvalue weighted by Gasteiger charge is -2.31. The smallest absolute Gasteiger partial charge is 0.306 e. The van der Waals surface area contributed by atoms with Crippen molar-refractivity contribution in [3.05, 3.63) is 41.7 Å². The first-order chi connectivity index (χ1) is 16.0. The van der Waals surface area contributed by atoms with Crippen LogP contribution in [-0.4, -0.2) is 35.8 Å². The molecular weight excluding hydrogens is 420 g/mol. The van der Waals surface area contributed by atoms with Crippen LogP contribution < -0.4 is 5.32 Å². The van der Waals surface area contributed by atoms with Crippen LogP contribution in [0, 0.1) is 5.92 Å². The predicted molar refractivity (Wildman–Crippen MR) is 124 cm³/mol. The van der Waals surface area contributed by atoms with Crippen LogP contribution >= 0.6 is 0 Å². The molecule has 1 fully saturated rings. The number of anilines is 1. The highest BCUT2D eigenvalue weighted by Gasteiger charge is 2.30. The third-order valence-corrected chi connectivity index (χ3v) is 6.45. The Bertz CT molecular complexity index is 989. The molecule has 0 saturated heterocycles. The zero-order chi connectivity index (χ0) is 23.2. The van der Waals surface area contributed by atoms with Crippen LogP contribution in [0.1, 0.15) is 63.2 Å². The van der Waals surface area contributed by atoms with Crippen molar-refractivity contribution in [3.63, 3.8) is 0 Å². The summed E-state index contributed by atoms with van der Waals surface area (Å²) >= 11 is 0. The summed E-state index contributed by atoms with van der Waals surface area (Å²) in [5.74, 6) is 1.61. The Balaban J connectivity index is 1.34. The van der Waals surface area contributed by atoms with Gasteiger partial charge in [0.15, 0.2) is 0 Å². The standard InChI is InChI=1S/C26H32N2O5/c1-2-32-25(30)13-12-24(29)27-21-10-8-18(9-11-21)23-16-20-17-28(15-14-22(20)33-23)26(31)19-6-4-3-5-7-19/h8-11,16,19H,2-7,12-15,17H2,1H3,(H,27,29). The van der Waals surface area contributed by atoms with Crippen molar-refractivity contribution < 1.29 is 23.5 Å². The molecular formula is C26H32N2O5. The van der Waals surface area contributed by atoms with Crippen LogP contribution in [-0.2, 0) is 32.1 Å². The lowest BCUT2D eigenvalue weighted by molar-refractivity contribution is -0.144. The number of carbonyl (C=O) groups is 3. The summed E-state index contributed by atoms with van der Waals surface area (Å²) in [5.41, 5.74) is 2.66. The second-order valence-corrected chi connectivity index (χ2v) is 8.83. The Labute approximate surface area is 194 Å². The molecule has 1 aromatic carbocycles. The van der Waals surface area contributed by atoms with E-state index in [0.29, 0.717) is 31.3 Å². The molecule has 1 aliphatic carbocycles. The third-order valence-electron chi connectivity index (χ3n) is 6.45. The topological polar surface area (TPSA) is 88.8 Å². The molecule has 4 rings (SSSR count). The van der Waals surface area contributed by atoms with Crippen LogP contribution in [0.4, 0.5) is 5.69 Å². The Hall–Kier alpha value is -3.09. The normalized spacial score (nSPS) is 16.2. The quantitative estimate of drug-likeness (QED) is 0.616. The molecule has 1 saturated carbocycles. The zero-order valence-electron chi connectivity index (χ0n) is 19.2. The molecule has 7 nitrogen and oxygen atoms in total. The van der Waals surface area contributed by atoms with Crippen molar-refractivity contribution in [2.45, 2.75) is 64.8 Å². The van der Waals surface area contributed by atoms with Crippen molar-refractivity contribution in [2.75, 3.05) is 18.5 Å². The van der Waals surface area contributed by atoms with E-state index in [1.54, 1.807) is 6.92 Å². The van der Waals surface area contributed by atoms with Gasteiger partial charge in [-0.3, -0.25) is 14.4 Å². The van der Waals surface area contributed by atoms with Crippen LogP contribution in [0.15, 0.2) is 34.7 Å². The summed E-state index contributed by atoms with van der Waals surface area (Å²) in [6.45, 7) is 3.38. The van der Waals surface area contributed by atoms with E-state index < -0.39 is 0 Å². The number of benzene rings is 1. The Morgan fingerprint density at radius 1 is 1.09 bits per heavy atom. The van der Waals surface area contributed by atoms with Gasteiger partial charge in [0, 0.05) is 48.7 Å². The molecule has 2 aromatic rings. The fourth-order valence-electron chi connectivity index (χ4n) is 4.66. The van der Waals surface area contributed by atoms with Crippen molar-refractivity contribution >= 4 is 23.5 Å². The van der Waals surface area contributed by atoms with Gasteiger partial charge >= 0.3 is 5.97 Å². The molecule has 2 amide bonds. The highest BCUT2D eigenvalue weighted by atomic mass is 16.5. The number of nitrogens with one attached hydrogen (secondary N) is 1. The number of ether oxygens (including phenoxy) is 1. The van der Waals surface area contributed by atoms with E-state index in [-0.39, 0.29) is 30.6 Å². The minimum absolute atomic E-state index is 0.0654. The molecule has 0 atom stereocenters. The number of carbonyl (C=O) groups excluding carboxylic acids is 3. The number of hydrogen-bond acceptors (Lipinski definition) is 5. The molecule has 0 bridgehead atoms. The van der Waals surface area contributed by atoms with Crippen LogP contribution in [0.3, 0.4) is 0 Å². The first-order valence-corrected chi connectivity index (χ1v) is 12.0. The van der Waals surface area contributed by atoms with Gasteiger partial charge in [0.25, 0.3) is 0 Å². The van der Waals surface area contributed by atoms with E-state index in [1.807, 2.05) is 35.2 Å². The zero-order valence-corrected chi connectivity index (χ0v) is 19.2. The van der Waals surface area contributed by atoms with Gasteiger partial charge in [0.05, 0.1) is 13.0 Å². The molecule has 1 N–H and O–H groups in total. The first kappa shape index (κ1) is 23.1. The fourth-order valence-corrected chi connectivity index (χ4v) is 4.66. The molecule has 7 heteroatoms. The SMILES string of the molecule is CCOC(=O)CCC(=O)Nc1ccc(-c2cc3c(o2)CCN(C(=O)C2CCCCC2)C3)cc1. The van der Waals surface area contributed by atoms with Crippen molar-refractivity contribution in [2.24, 2.45) is 5.92 Å². The fraction of sp³-hybridized carbons (Fsp3) is 0.500. The number of rotatable bonds is 7. The van der Waals surface area contributed by atoms with Gasteiger partial charge in [-0.2, -0.15) is 0 Å². The van der Waals surface area contributed by atoms with E-state index in [4.69, 9.17) is 9.15 Å². The average molecular weight is 453 g/mol. The Morgan fingerprint density at radius 2 is 1.85 bits per heavy atom. The number of amides is 2. The molecule has 33 heavy (non-hydrogen) atoms. The van der Waals surface area contributed by atoms with Crippen molar-refractivity contribution in [1.29, 1.82) is 0 Å². The molecule has 0 radical (unpaired) electrons. The van der Waals surface area contributed by atoms with Crippen molar-refractivity contribution in [3.8, 4) is 11.3 Å². The van der Waals surface area contributed by atoms with Crippen LogP contribution in [0.5, 0.6) is 0 Å². The van der Waals surface area contributed by atoms with Gasteiger partial charge in [-0.15, -0.1) is 0 Å². The molecule has 2 heterocycles. The molecule has 176 valence electrons. The number of fused-ring (bicyclic) bond motifs is 1. The maximum atomic E-state index is 12.9. The molecule has 1 aromatic heterocycles. The van der Waals surface area contributed by atoms with Gasteiger partial charge in [0.1, 0.15) is 11.5 Å². The summed E-state index contributed by atoms with van der Waals surface area (Å²) < 4.78 is 10.9.